The first kappa shape index (κ1) is 16.0. The molecule has 4 aliphatic rings. The SMILES string of the molecule is Cc1cc2c(nc1N1CCc3nc(C4(C)CC4)sc3C1)CN(C1CC1)C2=O. The molecule has 6 heteroatoms. The van der Waals surface area contributed by atoms with E-state index in [1.165, 1.54) is 28.4 Å². The van der Waals surface area contributed by atoms with Crippen LogP contribution in [0.2, 0.25) is 0 Å². The Hall–Kier alpha value is -1.95. The van der Waals surface area contributed by atoms with Crippen LogP contribution in [0, 0.1) is 6.92 Å². The summed E-state index contributed by atoms with van der Waals surface area (Å²) in [4.78, 5) is 28.4. The van der Waals surface area contributed by atoms with E-state index in [2.05, 4.69) is 24.8 Å². The summed E-state index contributed by atoms with van der Waals surface area (Å²) >= 11 is 1.90. The summed E-state index contributed by atoms with van der Waals surface area (Å²) in [7, 11) is 0. The fraction of sp³-hybridized carbons (Fsp3) is 0.571. The van der Waals surface area contributed by atoms with Crippen LogP contribution >= 0.6 is 11.3 Å². The molecule has 140 valence electrons. The monoisotopic (exact) mass is 380 g/mol. The molecule has 0 atom stereocenters. The number of carbonyl (C=O) groups is 1. The highest BCUT2D eigenvalue weighted by Crippen LogP contribution is 2.50. The van der Waals surface area contributed by atoms with Crippen molar-refractivity contribution >= 4 is 23.1 Å². The summed E-state index contributed by atoms with van der Waals surface area (Å²) in [5, 5.41) is 1.33. The van der Waals surface area contributed by atoms with Gasteiger partial charge in [-0.15, -0.1) is 11.3 Å². The number of nitrogens with zero attached hydrogens (tertiary/aromatic N) is 4. The average Bonchev–Trinajstić information content (AvgIpc) is 3.57. The first-order valence-corrected chi connectivity index (χ1v) is 10.9. The summed E-state index contributed by atoms with van der Waals surface area (Å²) < 4.78 is 0. The number of hydrogen-bond acceptors (Lipinski definition) is 5. The average molecular weight is 381 g/mol. The van der Waals surface area contributed by atoms with Gasteiger partial charge in [-0.2, -0.15) is 0 Å². The molecule has 6 rings (SSSR count). The number of aryl methyl sites for hydroxylation is 1. The molecule has 5 nitrogen and oxygen atoms in total. The van der Waals surface area contributed by atoms with Crippen LogP contribution < -0.4 is 4.90 Å². The maximum absolute atomic E-state index is 12.7. The Morgan fingerprint density at radius 2 is 2.00 bits per heavy atom. The molecule has 2 aromatic rings. The lowest BCUT2D eigenvalue weighted by atomic mass is 10.1. The van der Waals surface area contributed by atoms with E-state index in [4.69, 9.17) is 9.97 Å². The maximum Gasteiger partial charge on any atom is 0.256 e. The molecule has 1 amide bonds. The summed E-state index contributed by atoms with van der Waals surface area (Å²) in [6, 6.07) is 2.52. The van der Waals surface area contributed by atoms with E-state index in [0.717, 1.165) is 55.0 Å². The lowest BCUT2D eigenvalue weighted by Gasteiger charge is -2.28. The lowest BCUT2D eigenvalue weighted by molar-refractivity contribution is 0.0766. The molecule has 2 aliphatic heterocycles. The van der Waals surface area contributed by atoms with E-state index in [-0.39, 0.29) is 5.91 Å². The molecular weight excluding hydrogens is 356 g/mol. The minimum Gasteiger partial charge on any atom is -0.351 e. The topological polar surface area (TPSA) is 49.3 Å². The number of aromatic nitrogens is 2. The van der Waals surface area contributed by atoms with Gasteiger partial charge in [0.25, 0.3) is 5.91 Å². The maximum atomic E-state index is 12.7. The van der Waals surface area contributed by atoms with Crippen molar-refractivity contribution in [3.63, 3.8) is 0 Å². The van der Waals surface area contributed by atoms with Gasteiger partial charge in [-0.3, -0.25) is 4.79 Å². The smallest absolute Gasteiger partial charge is 0.256 e. The highest BCUT2D eigenvalue weighted by atomic mass is 32.1. The summed E-state index contributed by atoms with van der Waals surface area (Å²) in [5.74, 6) is 1.23. The molecule has 0 unspecified atom stereocenters. The van der Waals surface area contributed by atoms with E-state index in [1.807, 2.05) is 16.2 Å². The van der Waals surface area contributed by atoms with Crippen LogP contribution in [0.15, 0.2) is 6.07 Å². The summed E-state index contributed by atoms with van der Waals surface area (Å²) in [6.07, 6.45) is 5.84. The number of anilines is 1. The molecule has 0 aromatic carbocycles. The second kappa shape index (κ2) is 5.31. The third-order valence-electron chi connectivity index (χ3n) is 6.61. The third kappa shape index (κ3) is 2.45. The zero-order valence-electron chi connectivity index (χ0n) is 15.9. The fourth-order valence-electron chi connectivity index (χ4n) is 4.37. The van der Waals surface area contributed by atoms with Crippen molar-refractivity contribution < 1.29 is 4.79 Å². The van der Waals surface area contributed by atoms with Gasteiger partial charge in [-0.1, -0.05) is 6.92 Å². The standard InChI is InChI=1S/C21H24N4OS/c1-12-9-14-16(10-25(19(14)26)13-3-4-13)22-18(12)24-8-5-15-17(11-24)27-20(23-15)21(2)6-7-21/h9,13H,3-8,10-11H2,1-2H3. The normalized spacial score (nSPS) is 22.8. The number of amides is 1. The zero-order chi connectivity index (χ0) is 18.3. The van der Waals surface area contributed by atoms with Gasteiger partial charge in [0.05, 0.1) is 35.0 Å². The van der Waals surface area contributed by atoms with Gasteiger partial charge < -0.3 is 9.80 Å². The van der Waals surface area contributed by atoms with Crippen molar-refractivity contribution in [3.8, 4) is 0 Å². The Morgan fingerprint density at radius 1 is 1.19 bits per heavy atom. The third-order valence-corrected chi connectivity index (χ3v) is 8.00. The Morgan fingerprint density at radius 3 is 2.74 bits per heavy atom. The lowest BCUT2D eigenvalue weighted by Crippen LogP contribution is -2.31. The minimum atomic E-state index is 0.181. The van der Waals surface area contributed by atoms with Crippen LogP contribution in [-0.2, 0) is 24.9 Å². The predicted octanol–water partition coefficient (Wildman–Crippen LogP) is 3.58. The highest BCUT2D eigenvalue weighted by molar-refractivity contribution is 7.12. The number of carbonyl (C=O) groups excluding carboxylic acids is 1. The number of rotatable bonds is 3. The molecule has 0 bridgehead atoms. The van der Waals surface area contributed by atoms with E-state index in [9.17, 15) is 4.79 Å². The van der Waals surface area contributed by atoms with E-state index in [0.29, 0.717) is 18.0 Å². The molecule has 2 aromatic heterocycles. The predicted molar refractivity (Wildman–Crippen MR) is 105 cm³/mol. The van der Waals surface area contributed by atoms with E-state index in [1.54, 1.807) is 0 Å². The molecule has 2 saturated carbocycles. The van der Waals surface area contributed by atoms with Gasteiger partial charge in [-0.05, 0) is 44.2 Å². The van der Waals surface area contributed by atoms with Crippen LogP contribution in [-0.4, -0.2) is 33.4 Å². The quantitative estimate of drug-likeness (QED) is 0.817. The van der Waals surface area contributed by atoms with Gasteiger partial charge in [0.1, 0.15) is 5.82 Å². The van der Waals surface area contributed by atoms with Crippen LogP contribution in [0.1, 0.15) is 69.8 Å². The van der Waals surface area contributed by atoms with Crippen LogP contribution in [0.5, 0.6) is 0 Å². The second-order valence-electron chi connectivity index (χ2n) is 8.91. The van der Waals surface area contributed by atoms with Gasteiger partial charge in [0.2, 0.25) is 0 Å². The van der Waals surface area contributed by atoms with Crippen molar-refractivity contribution in [2.75, 3.05) is 11.4 Å². The molecular formula is C21H24N4OS. The number of hydrogen-bond donors (Lipinski definition) is 0. The zero-order valence-corrected chi connectivity index (χ0v) is 16.7. The van der Waals surface area contributed by atoms with Gasteiger partial charge >= 0.3 is 0 Å². The molecule has 2 aliphatic carbocycles. The van der Waals surface area contributed by atoms with Gasteiger partial charge in [-0.25, -0.2) is 9.97 Å². The fourth-order valence-corrected chi connectivity index (χ4v) is 5.70. The Labute approximate surface area is 163 Å². The Balaban J connectivity index is 1.30. The molecule has 0 radical (unpaired) electrons. The van der Waals surface area contributed by atoms with Gasteiger partial charge in [0, 0.05) is 29.3 Å². The molecule has 27 heavy (non-hydrogen) atoms. The van der Waals surface area contributed by atoms with Gasteiger partial charge in [0.15, 0.2) is 0 Å². The minimum absolute atomic E-state index is 0.181. The highest BCUT2D eigenvalue weighted by Gasteiger charge is 2.43. The van der Waals surface area contributed by atoms with Crippen molar-refractivity contribution in [1.29, 1.82) is 0 Å². The second-order valence-corrected chi connectivity index (χ2v) is 9.99. The van der Waals surface area contributed by atoms with Crippen molar-refractivity contribution in [1.82, 2.24) is 14.9 Å². The van der Waals surface area contributed by atoms with Crippen molar-refractivity contribution in [2.45, 2.75) is 70.5 Å². The first-order valence-electron chi connectivity index (χ1n) is 10.1. The first-order chi connectivity index (χ1) is 13.0. The van der Waals surface area contributed by atoms with Crippen LogP contribution in [0.3, 0.4) is 0 Å². The molecule has 4 heterocycles. The molecule has 0 saturated heterocycles. The summed E-state index contributed by atoms with van der Waals surface area (Å²) in [6.45, 7) is 6.97. The Kier molecular flexibility index (Phi) is 3.16. The number of thiazole rings is 1. The molecule has 0 N–H and O–H groups in total. The van der Waals surface area contributed by atoms with Crippen LogP contribution in [0.25, 0.3) is 0 Å². The summed E-state index contributed by atoms with van der Waals surface area (Å²) in [5.41, 5.74) is 4.55. The molecule has 2 fully saturated rings. The Bertz CT molecular complexity index is 973. The van der Waals surface area contributed by atoms with E-state index < -0.39 is 0 Å². The number of fused-ring (bicyclic) bond motifs is 2. The molecule has 0 spiro atoms. The van der Waals surface area contributed by atoms with Crippen LogP contribution in [0.4, 0.5) is 5.82 Å². The number of pyridine rings is 1. The largest absolute Gasteiger partial charge is 0.351 e. The van der Waals surface area contributed by atoms with E-state index >= 15 is 0 Å². The van der Waals surface area contributed by atoms with Crippen molar-refractivity contribution in [2.24, 2.45) is 0 Å². The van der Waals surface area contributed by atoms with Crippen molar-refractivity contribution in [3.05, 3.63) is 38.5 Å².